The van der Waals surface area contributed by atoms with Crippen molar-refractivity contribution in [3.8, 4) is 11.5 Å². The summed E-state index contributed by atoms with van der Waals surface area (Å²) < 4.78 is 19.1. The van der Waals surface area contributed by atoms with E-state index in [4.69, 9.17) is 9.84 Å². The third-order valence-electron chi connectivity index (χ3n) is 3.25. The van der Waals surface area contributed by atoms with Crippen LogP contribution in [-0.2, 0) is 10.2 Å². The van der Waals surface area contributed by atoms with Crippen LogP contribution in [0.4, 0.5) is 4.39 Å². The number of ether oxygens (including phenoxy) is 1. The van der Waals surface area contributed by atoms with Gasteiger partial charge < -0.3 is 14.9 Å². The van der Waals surface area contributed by atoms with E-state index in [-0.39, 0.29) is 28.0 Å². The lowest BCUT2D eigenvalue weighted by atomic mass is 9.91. The first-order chi connectivity index (χ1) is 8.41. The van der Waals surface area contributed by atoms with Gasteiger partial charge in [-0.25, -0.2) is 4.39 Å². The average molecular weight is 319 g/mol. The van der Waals surface area contributed by atoms with Crippen molar-refractivity contribution in [2.45, 2.75) is 24.7 Å². The molecule has 2 rings (SSSR count). The molecule has 1 aromatic rings. The highest BCUT2D eigenvalue weighted by Crippen LogP contribution is 2.56. The molecule has 0 saturated heterocycles. The molecule has 0 aliphatic heterocycles. The lowest BCUT2D eigenvalue weighted by Crippen LogP contribution is -2.15. The topological polar surface area (TPSA) is 66.8 Å². The molecule has 1 saturated carbocycles. The van der Waals surface area contributed by atoms with Crippen molar-refractivity contribution in [1.82, 2.24) is 0 Å². The molecule has 0 amide bonds. The van der Waals surface area contributed by atoms with Crippen LogP contribution in [0.15, 0.2) is 10.5 Å². The lowest BCUT2D eigenvalue weighted by Gasteiger charge is -2.18. The number of aliphatic carboxylic acids is 1. The zero-order valence-electron chi connectivity index (χ0n) is 9.67. The second-order valence-corrected chi connectivity index (χ2v) is 5.24. The van der Waals surface area contributed by atoms with E-state index in [1.165, 1.54) is 7.11 Å². The molecule has 0 bridgehead atoms. The van der Waals surface area contributed by atoms with Gasteiger partial charge in [0.05, 0.1) is 18.0 Å². The van der Waals surface area contributed by atoms with Crippen molar-refractivity contribution in [3.63, 3.8) is 0 Å². The fourth-order valence-corrected chi connectivity index (χ4v) is 2.99. The minimum atomic E-state index is -0.978. The molecule has 0 spiro atoms. The Hall–Kier alpha value is -1.30. The van der Waals surface area contributed by atoms with Gasteiger partial charge in [-0.05, 0) is 28.8 Å². The zero-order valence-corrected chi connectivity index (χ0v) is 11.3. The Labute approximate surface area is 112 Å². The third kappa shape index (κ3) is 2.05. The number of carboxylic acids is 1. The molecule has 1 aromatic carbocycles. The van der Waals surface area contributed by atoms with Crippen molar-refractivity contribution in [2.75, 3.05) is 7.11 Å². The summed E-state index contributed by atoms with van der Waals surface area (Å²) in [7, 11) is 1.32. The van der Waals surface area contributed by atoms with E-state index in [2.05, 4.69) is 15.9 Å². The first-order valence-electron chi connectivity index (χ1n) is 5.38. The molecule has 6 heteroatoms. The predicted octanol–water partition coefficient (Wildman–Crippen LogP) is 2.81. The Morgan fingerprint density at radius 3 is 2.67 bits per heavy atom. The number of phenols is 1. The standard InChI is InChI=1S/C12H12BrFO4/c1-18-7-4-6(14)9(10(13)11(7)17)12(2-3-12)5-8(15)16/h4,17H,2-3,5H2,1H3,(H,15,16). The van der Waals surface area contributed by atoms with Crippen molar-refractivity contribution in [1.29, 1.82) is 0 Å². The lowest BCUT2D eigenvalue weighted by molar-refractivity contribution is -0.137. The molecule has 0 radical (unpaired) electrons. The maximum atomic E-state index is 14.0. The van der Waals surface area contributed by atoms with Crippen LogP contribution in [-0.4, -0.2) is 23.3 Å². The smallest absolute Gasteiger partial charge is 0.304 e. The van der Waals surface area contributed by atoms with Gasteiger partial charge in [-0.1, -0.05) is 0 Å². The number of hydrogen-bond acceptors (Lipinski definition) is 3. The first-order valence-corrected chi connectivity index (χ1v) is 6.18. The Kier molecular flexibility index (Phi) is 3.23. The number of rotatable bonds is 4. The Morgan fingerprint density at radius 2 is 2.22 bits per heavy atom. The maximum Gasteiger partial charge on any atom is 0.304 e. The van der Waals surface area contributed by atoms with Crippen LogP contribution < -0.4 is 4.74 Å². The summed E-state index contributed by atoms with van der Waals surface area (Å²) >= 11 is 3.13. The Balaban J connectivity index is 2.52. The number of carboxylic acid groups (broad SMARTS) is 1. The zero-order chi connectivity index (χ0) is 13.5. The van der Waals surface area contributed by atoms with Crippen LogP contribution in [0.3, 0.4) is 0 Å². The summed E-state index contributed by atoms with van der Waals surface area (Å²) in [6, 6.07) is 1.08. The van der Waals surface area contributed by atoms with E-state index in [0.717, 1.165) is 6.07 Å². The number of aromatic hydroxyl groups is 1. The van der Waals surface area contributed by atoms with Crippen LogP contribution in [0, 0.1) is 5.82 Å². The van der Waals surface area contributed by atoms with Gasteiger partial charge in [0.15, 0.2) is 11.5 Å². The number of phenolic OH excluding ortho intramolecular Hbond substituents is 1. The van der Waals surface area contributed by atoms with E-state index in [1.54, 1.807) is 0 Å². The van der Waals surface area contributed by atoms with E-state index in [0.29, 0.717) is 12.8 Å². The average Bonchev–Trinajstić information content (AvgIpc) is 3.03. The summed E-state index contributed by atoms with van der Waals surface area (Å²) in [6.45, 7) is 0. The molecule has 1 fully saturated rings. The highest BCUT2D eigenvalue weighted by molar-refractivity contribution is 9.10. The van der Waals surface area contributed by atoms with Gasteiger partial charge in [-0.2, -0.15) is 0 Å². The van der Waals surface area contributed by atoms with Crippen LogP contribution >= 0.6 is 15.9 Å². The van der Waals surface area contributed by atoms with Crippen molar-refractivity contribution in [3.05, 3.63) is 21.9 Å². The fourth-order valence-electron chi connectivity index (χ4n) is 2.18. The molecular formula is C12H12BrFO4. The molecule has 0 aromatic heterocycles. The minimum absolute atomic E-state index is 0.0225. The van der Waals surface area contributed by atoms with Gasteiger partial charge >= 0.3 is 5.97 Å². The van der Waals surface area contributed by atoms with E-state index < -0.39 is 17.2 Å². The number of hydrogen-bond donors (Lipinski definition) is 2. The largest absolute Gasteiger partial charge is 0.503 e. The Morgan fingerprint density at radius 1 is 1.61 bits per heavy atom. The van der Waals surface area contributed by atoms with Gasteiger partial charge in [-0.3, -0.25) is 4.79 Å². The predicted molar refractivity (Wildman–Crippen MR) is 65.5 cm³/mol. The number of halogens is 2. The molecule has 0 unspecified atom stereocenters. The summed E-state index contributed by atoms with van der Waals surface area (Å²) in [5.74, 6) is -1.72. The Bertz CT molecular complexity index is 511. The second kappa shape index (κ2) is 4.42. The van der Waals surface area contributed by atoms with Crippen molar-refractivity contribution < 1.29 is 24.1 Å². The minimum Gasteiger partial charge on any atom is -0.503 e. The summed E-state index contributed by atoms with van der Waals surface area (Å²) in [5.41, 5.74) is -0.485. The van der Waals surface area contributed by atoms with Crippen molar-refractivity contribution >= 4 is 21.9 Å². The summed E-state index contributed by atoms with van der Waals surface area (Å²) in [5, 5.41) is 18.7. The molecule has 18 heavy (non-hydrogen) atoms. The molecule has 0 heterocycles. The first kappa shape index (κ1) is 13.1. The quantitative estimate of drug-likeness (QED) is 0.895. The molecule has 0 atom stereocenters. The van der Waals surface area contributed by atoms with Crippen LogP contribution in [0.5, 0.6) is 11.5 Å². The number of benzene rings is 1. The van der Waals surface area contributed by atoms with Crippen LogP contribution in [0.25, 0.3) is 0 Å². The fraction of sp³-hybridized carbons (Fsp3) is 0.417. The number of carbonyl (C=O) groups is 1. The van der Waals surface area contributed by atoms with Gasteiger partial charge in [0.1, 0.15) is 5.82 Å². The van der Waals surface area contributed by atoms with E-state index in [9.17, 15) is 14.3 Å². The van der Waals surface area contributed by atoms with Crippen LogP contribution in [0.1, 0.15) is 24.8 Å². The highest BCUT2D eigenvalue weighted by Gasteiger charge is 2.49. The second-order valence-electron chi connectivity index (χ2n) is 4.45. The van der Waals surface area contributed by atoms with Crippen LogP contribution in [0.2, 0.25) is 0 Å². The third-order valence-corrected chi connectivity index (χ3v) is 4.02. The SMILES string of the molecule is COc1cc(F)c(C2(CC(=O)O)CC2)c(Br)c1O. The molecule has 4 nitrogen and oxygen atoms in total. The van der Waals surface area contributed by atoms with Gasteiger partial charge in [0.2, 0.25) is 0 Å². The van der Waals surface area contributed by atoms with Gasteiger partial charge in [-0.15, -0.1) is 0 Å². The van der Waals surface area contributed by atoms with E-state index in [1.807, 2.05) is 0 Å². The van der Waals surface area contributed by atoms with Gasteiger partial charge in [0.25, 0.3) is 0 Å². The van der Waals surface area contributed by atoms with Gasteiger partial charge in [0, 0.05) is 17.0 Å². The van der Waals surface area contributed by atoms with E-state index >= 15 is 0 Å². The molecule has 98 valence electrons. The summed E-state index contributed by atoms with van der Waals surface area (Å²) in [4.78, 5) is 10.8. The number of methoxy groups -OCH3 is 1. The molecule has 2 N–H and O–H groups in total. The summed E-state index contributed by atoms with van der Waals surface area (Å²) in [6.07, 6.45) is 1.05. The molecule has 1 aliphatic carbocycles. The molecular weight excluding hydrogens is 307 g/mol. The normalized spacial score (nSPS) is 16.4. The molecule has 1 aliphatic rings. The maximum absolute atomic E-state index is 14.0. The van der Waals surface area contributed by atoms with Crippen molar-refractivity contribution in [2.24, 2.45) is 0 Å². The highest BCUT2D eigenvalue weighted by atomic mass is 79.9. The monoisotopic (exact) mass is 318 g/mol.